The third kappa shape index (κ3) is 5.27. The van der Waals surface area contributed by atoms with Crippen LogP contribution >= 0.6 is 0 Å². The molecule has 13 heavy (non-hydrogen) atoms. The normalized spacial score (nSPS) is 18.2. The van der Waals surface area contributed by atoms with Crippen molar-refractivity contribution in [2.45, 2.75) is 59.4 Å². The van der Waals surface area contributed by atoms with E-state index in [0.29, 0.717) is 12.0 Å². The number of hydrogen-bond acceptors (Lipinski definition) is 2. The summed E-state index contributed by atoms with van der Waals surface area (Å²) < 4.78 is 0. The quantitative estimate of drug-likeness (QED) is 0.474. The minimum Gasteiger partial charge on any atom is -0.271 e. The lowest BCUT2D eigenvalue weighted by Gasteiger charge is -2.25. The molecule has 0 heterocycles. The third-order valence-electron chi connectivity index (χ3n) is 2.98. The first-order valence-corrected chi connectivity index (χ1v) is 5.61. The number of hydrazine groups is 1. The average Bonchev–Trinajstić information content (AvgIpc) is 2.13. The van der Waals surface area contributed by atoms with Gasteiger partial charge in [-0.25, -0.2) is 0 Å². The lowest BCUT2D eigenvalue weighted by atomic mass is 9.89. The van der Waals surface area contributed by atoms with Gasteiger partial charge in [0.05, 0.1) is 0 Å². The predicted molar refractivity (Wildman–Crippen MR) is 59.3 cm³/mol. The Bertz CT molecular complexity index is 115. The molecule has 0 spiro atoms. The van der Waals surface area contributed by atoms with Crippen molar-refractivity contribution in [3.63, 3.8) is 0 Å². The molecule has 0 aliphatic carbocycles. The number of rotatable bonds is 7. The molecule has 0 bridgehead atoms. The Kier molecular flexibility index (Phi) is 7.29. The Morgan fingerprint density at radius 2 is 1.85 bits per heavy atom. The maximum atomic E-state index is 5.54. The summed E-state index contributed by atoms with van der Waals surface area (Å²) >= 11 is 0. The summed E-state index contributed by atoms with van der Waals surface area (Å²) in [6, 6.07) is 0.492. The fourth-order valence-corrected chi connectivity index (χ4v) is 1.79. The van der Waals surface area contributed by atoms with Gasteiger partial charge in [-0.2, -0.15) is 0 Å². The fourth-order valence-electron chi connectivity index (χ4n) is 1.79. The topological polar surface area (TPSA) is 38.0 Å². The van der Waals surface area contributed by atoms with Gasteiger partial charge in [0.15, 0.2) is 0 Å². The molecule has 3 unspecified atom stereocenters. The molecule has 0 fully saturated rings. The molecule has 0 aliphatic rings. The van der Waals surface area contributed by atoms with Gasteiger partial charge in [-0.3, -0.25) is 11.3 Å². The van der Waals surface area contributed by atoms with E-state index in [0.717, 1.165) is 5.92 Å². The van der Waals surface area contributed by atoms with Crippen LogP contribution in [0.4, 0.5) is 0 Å². The molecule has 0 aromatic carbocycles. The summed E-state index contributed by atoms with van der Waals surface area (Å²) in [5, 5.41) is 0. The Morgan fingerprint density at radius 3 is 2.23 bits per heavy atom. The van der Waals surface area contributed by atoms with Crippen LogP contribution in [-0.2, 0) is 0 Å². The minimum absolute atomic E-state index is 0.492. The molecular formula is C11H26N2. The summed E-state index contributed by atoms with van der Waals surface area (Å²) in [5.41, 5.74) is 2.94. The Balaban J connectivity index is 3.82. The van der Waals surface area contributed by atoms with Crippen molar-refractivity contribution in [3.05, 3.63) is 0 Å². The molecule has 0 amide bonds. The van der Waals surface area contributed by atoms with Crippen molar-refractivity contribution in [3.8, 4) is 0 Å². The van der Waals surface area contributed by atoms with Gasteiger partial charge in [0.1, 0.15) is 0 Å². The summed E-state index contributed by atoms with van der Waals surface area (Å²) in [6.45, 7) is 9.05. The van der Waals surface area contributed by atoms with Crippen LogP contribution in [0.25, 0.3) is 0 Å². The van der Waals surface area contributed by atoms with Crippen molar-refractivity contribution in [1.82, 2.24) is 5.43 Å². The Labute approximate surface area is 83.2 Å². The maximum absolute atomic E-state index is 5.54. The van der Waals surface area contributed by atoms with E-state index in [1.54, 1.807) is 0 Å². The number of nitrogens with two attached hydrogens (primary N) is 1. The summed E-state index contributed by atoms with van der Waals surface area (Å²) in [7, 11) is 0. The minimum atomic E-state index is 0.492. The van der Waals surface area contributed by atoms with E-state index in [9.17, 15) is 0 Å². The van der Waals surface area contributed by atoms with E-state index in [4.69, 9.17) is 5.84 Å². The molecule has 2 heteroatoms. The summed E-state index contributed by atoms with van der Waals surface area (Å²) in [6.07, 6.45) is 5.00. The molecular weight excluding hydrogens is 160 g/mol. The molecule has 0 aliphatic heterocycles. The molecule has 0 rings (SSSR count). The van der Waals surface area contributed by atoms with Gasteiger partial charge in [-0.1, -0.05) is 47.0 Å². The van der Waals surface area contributed by atoms with Gasteiger partial charge in [0, 0.05) is 6.04 Å². The number of hydrogen-bond donors (Lipinski definition) is 2. The van der Waals surface area contributed by atoms with Crippen molar-refractivity contribution in [2.24, 2.45) is 17.7 Å². The van der Waals surface area contributed by atoms with Gasteiger partial charge in [0.2, 0.25) is 0 Å². The van der Waals surface area contributed by atoms with Crippen molar-refractivity contribution >= 4 is 0 Å². The van der Waals surface area contributed by atoms with Crippen molar-refractivity contribution in [1.29, 1.82) is 0 Å². The van der Waals surface area contributed by atoms with Gasteiger partial charge in [-0.15, -0.1) is 0 Å². The first-order chi connectivity index (χ1) is 6.15. The predicted octanol–water partition coefficient (Wildman–Crippen LogP) is 2.69. The molecule has 0 saturated carbocycles. The largest absolute Gasteiger partial charge is 0.271 e. The molecule has 2 nitrogen and oxygen atoms in total. The molecule has 0 aromatic rings. The highest BCUT2D eigenvalue weighted by molar-refractivity contribution is 4.72. The summed E-state index contributed by atoms with van der Waals surface area (Å²) in [5.74, 6) is 7.02. The van der Waals surface area contributed by atoms with E-state index < -0.39 is 0 Å². The SMILES string of the molecule is CCCC(C)CC(NN)C(C)CC. The van der Waals surface area contributed by atoms with E-state index in [1.165, 1.54) is 25.7 Å². The highest BCUT2D eigenvalue weighted by Gasteiger charge is 2.16. The Morgan fingerprint density at radius 1 is 1.23 bits per heavy atom. The summed E-state index contributed by atoms with van der Waals surface area (Å²) in [4.78, 5) is 0. The van der Waals surface area contributed by atoms with Crippen LogP contribution in [0, 0.1) is 11.8 Å². The van der Waals surface area contributed by atoms with E-state index >= 15 is 0 Å². The second-order valence-corrected chi connectivity index (χ2v) is 4.29. The lowest BCUT2D eigenvalue weighted by Crippen LogP contribution is -2.40. The second-order valence-electron chi connectivity index (χ2n) is 4.29. The molecule has 3 atom stereocenters. The van der Waals surface area contributed by atoms with Crippen LogP contribution in [0.5, 0.6) is 0 Å². The Hall–Kier alpha value is -0.0800. The van der Waals surface area contributed by atoms with Crippen LogP contribution in [0.1, 0.15) is 53.4 Å². The molecule has 80 valence electrons. The zero-order valence-corrected chi connectivity index (χ0v) is 9.64. The fraction of sp³-hybridized carbons (Fsp3) is 1.00. The molecule has 0 saturated heterocycles. The van der Waals surface area contributed by atoms with Gasteiger partial charge in [-0.05, 0) is 18.3 Å². The first kappa shape index (κ1) is 12.9. The van der Waals surface area contributed by atoms with Gasteiger partial charge in [0.25, 0.3) is 0 Å². The zero-order valence-electron chi connectivity index (χ0n) is 9.64. The second kappa shape index (κ2) is 7.34. The smallest absolute Gasteiger partial charge is 0.0238 e. The zero-order chi connectivity index (χ0) is 10.3. The third-order valence-corrected chi connectivity index (χ3v) is 2.98. The van der Waals surface area contributed by atoms with Crippen LogP contribution in [-0.4, -0.2) is 6.04 Å². The van der Waals surface area contributed by atoms with E-state index in [1.807, 2.05) is 0 Å². The van der Waals surface area contributed by atoms with Gasteiger partial charge < -0.3 is 0 Å². The lowest BCUT2D eigenvalue weighted by molar-refractivity contribution is 0.302. The van der Waals surface area contributed by atoms with Gasteiger partial charge >= 0.3 is 0 Å². The molecule has 0 aromatic heterocycles. The standard InChI is InChI=1S/C11H26N2/c1-5-7-9(3)8-11(13-12)10(4)6-2/h9-11,13H,5-8,12H2,1-4H3. The van der Waals surface area contributed by atoms with Crippen LogP contribution in [0.3, 0.4) is 0 Å². The molecule has 3 N–H and O–H groups in total. The van der Waals surface area contributed by atoms with Crippen molar-refractivity contribution < 1.29 is 0 Å². The highest BCUT2D eigenvalue weighted by atomic mass is 15.2. The maximum Gasteiger partial charge on any atom is 0.0238 e. The van der Waals surface area contributed by atoms with E-state index in [-0.39, 0.29) is 0 Å². The average molecular weight is 186 g/mol. The number of nitrogens with one attached hydrogen (secondary N) is 1. The molecule has 0 radical (unpaired) electrons. The first-order valence-electron chi connectivity index (χ1n) is 5.61. The monoisotopic (exact) mass is 186 g/mol. The highest BCUT2D eigenvalue weighted by Crippen LogP contribution is 2.18. The van der Waals surface area contributed by atoms with Crippen LogP contribution in [0.2, 0.25) is 0 Å². The van der Waals surface area contributed by atoms with Crippen LogP contribution < -0.4 is 11.3 Å². The van der Waals surface area contributed by atoms with Crippen molar-refractivity contribution in [2.75, 3.05) is 0 Å². The van der Waals surface area contributed by atoms with E-state index in [2.05, 4.69) is 33.1 Å². The van der Waals surface area contributed by atoms with Crippen LogP contribution in [0.15, 0.2) is 0 Å².